The van der Waals surface area contributed by atoms with Crippen LogP contribution in [0.3, 0.4) is 0 Å². The summed E-state index contributed by atoms with van der Waals surface area (Å²) in [6.45, 7) is 4.30. The van der Waals surface area contributed by atoms with Gasteiger partial charge in [0, 0.05) is 32.9 Å². The summed E-state index contributed by atoms with van der Waals surface area (Å²) < 4.78 is 1.00. The fourth-order valence-electron chi connectivity index (χ4n) is 7.39. The summed E-state index contributed by atoms with van der Waals surface area (Å²) in [5, 5.41) is 0. The van der Waals surface area contributed by atoms with Gasteiger partial charge in [0.25, 0.3) is 0 Å². The zero-order valence-electron chi connectivity index (χ0n) is 31.6. The summed E-state index contributed by atoms with van der Waals surface area (Å²) in [6, 6.07) is 63.3. The van der Waals surface area contributed by atoms with Gasteiger partial charge in [0.1, 0.15) is 0 Å². The van der Waals surface area contributed by atoms with Crippen molar-refractivity contribution in [3.05, 3.63) is 204 Å². The molecule has 5 heteroatoms. The molecule has 0 atom stereocenters. The summed E-state index contributed by atoms with van der Waals surface area (Å²) in [5.41, 5.74) is 16.2. The Labute approximate surface area is 341 Å². The molecular weight excluding hydrogens is 761 g/mol. The van der Waals surface area contributed by atoms with Crippen LogP contribution < -0.4 is 0 Å². The molecule has 0 aliphatic rings. The molecular formula is C52H37BrN4. The number of rotatable bonds is 8. The molecule has 0 bridgehead atoms. The van der Waals surface area contributed by atoms with E-state index in [9.17, 15) is 0 Å². The van der Waals surface area contributed by atoms with Crippen molar-refractivity contribution >= 4 is 15.9 Å². The van der Waals surface area contributed by atoms with Crippen molar-refractivity contribution in [2.75, 3.05) is 0 Å². The SMILES string of the molecule is Cc1cc(C)cc(-c2ccccc2-c2ccc(-c3ccc(-c4nc(-c5cccc(-c6ccccc6)c5)nc(-c5cccc(-c6ccccc6)c5)n4)cn3)cc2Br)c1. The van der Waals surface area contributed by atoms with E-state index in [0.29, 0.717) is 17.5 Å². The molecule has 0 fully saturated rings. The summed E-state index contributed by atoms with van der Waals surface area (Å²) in [4.78, 5) is 20.1. The van der Waals surface area contributed by atoms with Gasteiger partial charge in [-0.2, -0.15) is 0 Å². The van der Waals surface area contributed by atoms with E-state index in [4.69, 9.17) is 19.9 Å². The van der Waals surface area contributed by atoms with Gasteiger partial charge in [-0.15, -0.1) is 0 Å². The lowest BCUT2D eigenvalue weighted by molar-refractivity contribution is 1.07. The highest BCUT2D eigenvalue weighted by Crippen LogP contribution is 2.39. The molecule has 0 unspecified atom stereocenters. The van der Waals surface area contributed by atoms with Gasteiger partial charge < -0.3 is 0 Å². The van der Waals surface area contributed by atoms with Crippen molar-refractivity contribution in [2.24, 2.45) is 0 Å². The van der Waals surface area contributed by atoms with Crippen LogP contribution in [0.15, 0.2) is 193 Å². The number of benzene rings is 7. The highest BCUT2D eigenvalue weighted by atomic mass is 79.9. The summed E-state index contributed by atoms with van der Waals surface area (Å²) in [5.74, 6) is 1.76. The maximum Gasteiger partial charge on any atom is 0.165 e. The number of hydrogen-bond donors (Lipinski definition) is 0. The molecule has 0 saturated carbocycles. The van der Waals surface area contributed by atoms with E-state index in [1.54, 1.807) is 0 Å². The normalized spacial score (nSPS) is 11.1. The largest absolute Gasteiger partial charge is 0.255 e. The minimum absolute atomic E-state index is 0.559. The van der Waals surface area contributed by atoms with Crippen molar-refractivity contribution in [2.45, 2.75) is 13.8 Å². The Balaban J connectivity index is 1.08. The van der Waals surface area contributed by atoms with Gasteiger partial charge >= 0.3 is 0 Å². The standard InChI is InChI=1S/C52H37BrN4/c1-34-27-35(2)29-44(28-34)45-21-9-10-22-46(45)47-25-23-40(32-48(47)53)49-26-24-43(33-54-49)52-56-50(41-19-11-17-38(30-41)36-13-5-3-6-14-36)55-51(57-52)42-20-12-18-39(31-42)37-15-7-4-8-16-37/h3-33H,1-2H3. The van der Waals surface area contributed by atoms with Crippen molar-refractivity contribution in [1.29, 1.82) is 0 Å². The molecule has 0 aliphatic carbocycles. The fraction of sp³-hybridized carbons (Fsp3) is 0.0385. The molecule has 4 nitrogen and oxygen atoms in total. The summed E-state index contributed by atoms with van der Waals surface area (Å²) >= 11 is 3.91. The molecule has 0 spiro atoms. The Hall–Kier alpha value is -6.82. The van der Waals surface area contributed by atoms with Gasteiger partial charge in [-0.3, -0.25) is 4.98 Å². The molecule has 0 aliphatic heterocycles. The first-order valence-corrected chi connectivity index (χ1v) is 19.8. The molecule has 7 aromatic carbocycles. The van der Waals surface area contributed by atoms with Gasteiger partial charge in [0.2, 0.25) is 0 Å². The lowest BCUT2D eigenvalue weighted by Gasteiger charge is -2.14. The molecule has 272 valence electrons. The van der Waals surface area contributed by atoms with Gasteiger partial charge in [0.15, 0.2) is 17.5 Å². The summed E-state index contributed by atoms with van der Waals surface area (Å²) in [7, 11) is 0. The van der Waals surface area contributed by atoms with Crippen molar-refractivity contribution in [1.82, 2.24) is 19.9 Å². The zero-order valence-corrected chi connectivity index (χ0v) is 33.2. The molecule has 0 saturated heterocycles. The number of aryl methyl sites for hydroxylation is 2. The van der Waals surface area contributed by atoms with E-state index in [1.165, 1.54) is 27.8 Å². The Bertz CT molecular complexity index is 2750. The van der Waals surface area contributed by atoms with Crippen LogP contribution in [0.2, 0.25) is 0 Å². The number of hydrogen-bond acceptors (Lipinski definition) is 4. The molecule has 57 heavy (non-hydrogen) atoms. The average Bonchev–Trinajstić information content (AvgIpc) is 3.27. The molecule has 2 heterocycles. The van der Waals surface area contributed by atoms with Crippen LogP contribution in [-0.2, 0) is 0 Å². The maximum atomic E-state index is 5.06. The van der Waals surface area contributed by atoms with Crippen LogP contribution in [0.5, 0.6) is 0 Å². The minimum atomic E-state index is 0.559. The third kappa shape index (κ3) is 7.71. The quantitative estimate of drug-likeness (QED) is 0.154. The number of halogens is 1. The molecule has 0 radical (unpaired) electrons. The zero-order chi connectivity index (χ0) is 38.7. The van der Waals surface area contributed by atoms with Crippen LogP contribution >= 0.6 is 15.9 Å². The second-order valence-electron chi connectivity index (χ2n) is 14.2. The van der Waals surface area contributed by atoms with Crippen LogP contribution in [-0.4, -0.2) is 19.9 Å². The van der Waals surface area contributed by atoms with Crippen LogP contribution in [0.1, 0.15) is 11.1 Å². The third-order valence-electron chi connectivity index (χ3n) is 10.1. The van der Waals surface area contributed by atoms with E-state index < -0.39 is 0 Å². The fourth-order valence-corrected chi connectivity index (χ4v) is 7.98. The third-order valence-corrected chi connectivity index (χ3v) is 10.8. The van der Waals surface area contributed by atoms with E-state index in [0.717, 1.165) is 60.2 Å². The van der Waals surface area contributed by atoms with Crippen molar-refractivity contribution in [3.63, 3.8) is 0 Å². The van der Waals surface area contributed by atoms with Gasteiger partial charge in [-0.25, -0.2) is 15.0 Å². The van der Waals surface area contributed by atoms with Gasteiger partial charge in [-0.1, -0.05) is 179 Å². The molecule has 2 aromatic heterocycles. The van der Waals surface area contributed by atoms with Crippen molar-refractivity contribution < 1.29 is 0 Å². The average molecular weight is 798 g/mol. The predicted octanol–water partition coefficient (Wildman–Crippen LogP) is 14.0. The topological polar surface area (TPSA) is 51.6 Å². The molecule has 0 N–H and O–H groups in total. The first-order valence-electron chi connectivity index (χ1n) is 19.0. The molecule has 9 rings (SSSR count). The number of pyridine rings is 1. The van der Waals surface area contributed by atoms with Gasteiger partial charge in [0.05, 0.1) is 5.69 Å². The highest BCUT2D eigenvalue weighted by Gasteiger charge is 2.16. The Morgan fingerprint density at radius 2 is 0.825 bits per heavy atom. The van der Waals surface area contributed by atoms with E-state index >= 15 is 0 Å². The van der Waals surface area contributed by atoms with E-state index in [2.05, 4.69) is 188 Å². The lowest BCUT2D eigenvalue weighted by atomic mass is 9.92. The monoisotopic (exact) mass is 796 g/mol. The first-order chi connectivity index (χ1) is 27.9. The maximum absolute atomic E-state index is 5.06. The summed E-state index contributed by atoms with van der Waals surface area (Å²) in [6.07, 6.45) is 1.86. The Kier molecular flexibility index (Phi) is 9.90. The van der Waals surface area contributed by atoms with Crippen LogP contribution in [0.25, 0.3) is 89.9 Å². The van der Waals surface area contributed by atoms with Crippen LogP contribution in [0.4, 0.5) is 0 Å². The Morgan fingerprint density at radius 3 is 1.37 bits per heavy atom. The van der Waals surface area contributed by atoms with Crippen molar-refractivity contribution in [3.8, 4) is 89.9 Å². The van der Waals surface area contributed by atoms with E-state index in [-0.39, 0.29) is 0 Å². The van der Waals surface area contributed by atoms with Crippen LogP contribution in [0, 0.1) is 13.8 Å². The first kappa shape index (κ1) is 35.9. The second kappa shape index (κ2) is 15.7. The minimum Gasteiger partial charge on any atom is -0.255 e. The predicted molar refractivity (Wildman–Crippen MR) is 238 cm³/mol. The highest BCUT2D eigenvalue weighted by molar-refractivity contribution is 9.10. The number of nitrogens with zero attached hydrogens (tertiary/aromatic N) is 4. The van der Waals surface area contributed by atoms with E-state index in [1.807, 2.05) is 30.5 Å². The Morgan fingerprint density at radius 1 is 0.333 bits per heavy atom. The number of aromatic nitrogens is 4. The second-order valence-corrected chi connectivity index (χ2v) is 15.1. The smallest absolute Gasteiger partial charge is 0.165 e. The molecule has 9 aromatic rings. The van der Waals surface area contributed by atoms with Gasteiger partial charge in [-0.05, 0) is 88.7 Å². The lowest BCUT2D eigenvalue weighted by Crippen LogP contribution is -2.01. The molecule has 0 amide bonds.